The molecule has 0 bridgehead atoms. The van der Waals surface area contributed by atoms with Gasteiger partial charge >= 0.3 is 91.5 Å². The molecule has 0 aromatic heterocycles. The van der Waals surface area contributed by atoms with Crippen LogP contribution >= 0.6 is 11.8 Å². The summed E-state index contributed by atoms with van der Waals surface area (Å²) in [6.45, 7) is 2.23. The van der Waals surface area contributed by atoms with Crippen LogP contribution in [0.5, 0.6) is 0 Å². The van der Waals surface area contributed by atoms with E-state index in [0.29, 0.717) is 0 Å². The van der Waals surface area contributed by atoms with Crippen molar-refractivity contribution in [2.24, 2.45) is 0 Å². The van der Waals surface area contributed by atoms with E-state index in [1.165, 1.54) is 30.8 Å². The average molecular weight is 286 g/mol. The Morgan fingerprint density at radius 1 is 1.43 bits per heavy atom. The van der Waals surface area contributed by atoms with E-state index in [2.05, 4.69) is 39.5 Å². The van der Waals surface area contributed by atoms with Crippen LogP contribution in [-0.4, -0.2) is 11.5 Å². The third kappa shape index (κ3) is 6.58. The molecular formula is C10H15Cl2STi. The van der Waals surface area contributed by atoms with Crippen molar-refractivity contribution >= 4 is 11.8 Å². The molecule has 1 aliphatic rings. The number of hydrogen-bond acceptors (Lipinski definition) is 1. The largest absolute Gasteiger partial charge is 1.00 e. The van der Waals surface area contributed by atoms with E-state index in [4.69, 9.17) is 0 Å². The van der Waals surface area contributed by atoms with Gasteiger partial charge in [-0.3, -0.25) is 0 Å². The Bertz CT molecular complexity index is 202. The predicted octanol–water partition coefficient (Wildman–Crippen LogP) is -2.71. The van der Waals surface area contributed by atoms with Crippen molar-refractivity contribution in [3.8, 4) is 0 Å². The normalized spacial score (nSPS) is 13.9. The third-order valence-corrected chi connectivity index (χ3v) is 3.77. The molecule has 0 nitrogen and oxygen atoms in total. The van der Waals surface area contributed by atoms with Crippen molar-refractivity contribution in [3.05, 3.63) is 21.6 Å². The SMILES string of the molecule is CCSCCCC1=[C]([Ti+2])CC=C1.[Cl-].[Cl-]. The van der Waals surface area contributed by atoms with Crippen LogP contribution in [-0.2, 0) is 20.4 Å². The molecule has 4 heteroatoms. The monoisotopic (exact) mass is 285 g/mol. The van der Waals surface area contributed by atoms with Crippen LogP contribution in [0.1, 0.15) is 26.2 Å². The van der Waals surface area contributed by atoms with Gasteiger partial charge in [0.25, 0.3) is 0 Å². The molecule has 0 aromatic carbocycles. The molecule has 0 aliphatic heterocycles. The maximum atomic E-state index is 2.30. The van der Waals surface area contributed by atoms with Gasteiger partial charge in [-0.25, -0.2) is 0 Å². The molecule has 0 amide bonds. The maximum Gasteiger partial charge on any atom is -1.00 e. The van der Waals surface area contributed by atoms with Gasteiger partial charge in [0.15, 0.2) is 0 Å². The van der Waals surface area contributed by atoms with Crippen molar-refractivity contribution in [1.29, 1.82) is 0 Å². The molecule has 0 unspecified atom stereocenters. The van der Waals surface area contributed by atoms with Crippen LogP contribution in [0, 0.1) is 0 Å². The van der Waals surface area contributed by atoms with Crippen LogP contribution in [0.4, 0.5) is 0 Å². The van der Waals surface area contributed by atoms with E-state index in [0.717, 1.165) is 0 Å². The topological polar surface area (TPSA) is 0 Å². The van der Waals surface area contributed by atoms with Crippen LogP contribution < -0.4 is 24.8 Å². The van der Waals surface area contributed by atoms with Gasteiger partial charge in [-0.05, 0) is 0 Å². The van der Waals surface area contributed by atoms with Crippen molar-refractivity contribution in [1.82, 2.24) is 0 Å². The minimum atomic E-state index is 0. The van der Waals surface area contributed by atoms with Gasteiger partial charge in [0.1, 0.15) is 0 Å². The molecule has 0 atom stereocenters. The van der Waals surface area contributed by atoms with E-state index in [9.17, 15) is 0 Å². The van der Waals surface area contributed by atoms with Crippen LogP contribution in [0.15, 0.2) is 21.6 Å². The summed E-state index contributed by atoms with van der Waals surface area (Å²) in [5.41, 5.74) is 1.59. The summed E-state index contributed by atoms with van der Waals surface area (Å²) in [4.78, 5) is 0. The first kappa shape index (κ1) is 17.5. The van der Waals surface area contributed by atoms with Crippen LogP contribution in [0.3, 0.4) is 0 Å². The summed E-state index contributed by atoms with van der Waals surface area (Å²) in [6, 6.07) is 0. The second kappa shape index (κ2) is 10.6. The first-order valence-electron chi connectivity index (χ1n) is 4.52. The van der Waals surface area contributed by atoms with Crippen molar-refractivity contribution < 1.29 is 45.2 Å². The summed E-state index contributed by atoms with van der Waals surface area (Å²) in [7, 11) is 0. The molecule has 0 spiro atoms. The van der Waals surface area contributed by atoms with E-state index >= 15 is 0 Å². The van der Waals surface area contributed by atoms with Crippen LogP contribution in [0.2, 0.25) is 0 Å². The number of thioether (sulfide) groups is 1. The van der Waals surface area contributed by atoms with E-state index in [-0.39, 0.29) is 24.8 Å². The first-order chi connectivity index (χ1) is 5.84. The van der Waals surface area contributed by atoms with Gasteiger partial charge in [0.2, 0.25) is 0 Å². The summed E-state index contributed by atoms with van der Waals surface area (Å²) in [5.74, 6) is 2.58. The Kier molecular flexibility index (Phi) is 13.3. The van der Waals surface area contributed by atoms with E-state index < -0.39 is 0 Å². The van der Waals surface area contributed by atoms with Crippen LogP contribution in [0.25, 0.3) is 0 Å². The second-order valence-electron chi connectivity index (χ2n) is 2.91. The van der Waals surface area contributed by atoms with Crippen molar-refractivity contribution in [2.75, 3.05) is 11.5 Å². The first-order valence-corrected chi connectivity index (χ1v) is 6.46. The molecule has 1 rings (SSSR count). The summed E-state index contributed by atoms with van der Waals surface area (Å²) < 4.78 is 1.58. The number of halogens is 2. The van der Waals surface area contributed by atoms with Gasteiger partial charge in [0, 0.05) is 0 Å². The molecule has 79 valence electrons. The smallest absolute Gasteiger partial charge is 1.00 e. The molecule has 0 saturated carbocycles. The molecule has 1 aliphatic carbocycles. The van der Waals surface area contributed by atoms with Gasteiger partial charge in [-0.2, -0.15) is 0 Å². The standard InChI is InChI=1S/C10H15S.2ClH.Ti/c1-2-11-9-5-8-10-6-3-4-7-10;;;/h3,6H,2,4-5,8-9H2,1H3;2*1H;/q;;;+2/p-2. The minimum Gasteiger partial charge on any atom is -1.00 e. The van der Waals surface area contributed by atoms with Gasteiger partial charge in [-0.1, -0.05) is 0 Å². The molecule has 0 N–H and O–H groups in total. The number of allylic oxidation sites excluding steroid dienone is 4. The fourth-order valence-electron chi connectivity index (χ4n) is 1.29. The fraction of sp³-hybridized carbons (Fsp3) is 0.600. The molecule has 0 heterocycles. The minimum absolute atomic E-state index is 0. The van der Waals surface area contributed by atoms with Gasteiger partial charge < -0.3 is 24.8 Å². The maximum absolute atomic E-state index is 2.30. The summed E-state index contributed by atoms with van der Waals surface area (Å²) in [6.07, 6.45) is 8.39. The molecule has 14 heavy (non-hydrogen) atoms. The van der Waals surface area contributed by atoms with Gasteiger partial charge in [-0.15, -0.1) is 0 Å². The summed E-state index contributed by atoms with van der Waals surface area (Å²) >= 11 is 4.30. The Morgan fingerprint density at radius 2 is 2.14 bits per heavy atom. The number of hydrogen-bond donors (Lipinski definition) is 0. The zero-order valence-electron chi connectivity index (χ0n) is 8.35. The zero-order chi connectivity index (χ0) is 8.81. The van der Waals surface area contributed by atoms with Gasteiger partial charge in [0.05, 0.1) is 0 Å². The molecule has 0 radical (unpaired) electrons. The van der Waals surface area contributed by atoms with Crippen molar-refractivity contribution in [3.63, 3.8) is 0 Å². The quantitative estimate of drug-likeness (QED) is 0.391. The average Bonchev–Trinajstić information content (AvgIpc) is 2.46. The molecule has 0 saturated heterocycles. The predicted molar refractivity (Wildman–Crippen MR) is 53.0 cm³/mol. The molecule has 0 aromatic rings. The molecule has 0 fully saturated rings. The Labute approximate surface area is 116 Å². The second-order valence-corrected chi connectivity index (χ2v) is 5.25. The third-order valence-electron chi connectivity index (χ3n) is 1.97. The summed E-state index contributed by atoms with van der Waals surface area (Å²) in [5, 5.41) is 0. The van der Waals surface area contributed by atoms with Crippen molar-refractivity contribution in [2.45, 2.75) is 26.2 Å². The number of rotatable bonds is 5. The molecular weight excluding hydrogens is 271 g/mol. The van der Waals surface area contributed by atoms with E-state index in [1.807, 2.05) is 11.8 Å². The van der Waals surface area contributed by atoms with E-state index in [1.54, 1.807) is 9.45 Å². The zero-order valence-corrected chi connectivity index (χ0v) is 12.2. The Morgan fingerprint density at radius 3 is 2.64 bits per heavy atom. The Balaban J connectivity index is 0. The Hall–Kier alpha value is 1.12. The fourth-order valence-corrected chi connectivity index (χ4v) is 2.44.